The molecule has 2 unspecified atom stereocenters. The standard InChI is InChI=1S/C26H30N2O6/c1-25(2)19(13-14-26(25,3)24(33)34)22(30)28-20(23(31)32)15-16-9-11-18(12-10-16)27-21(29)17-7-5-4-6-8-17/h4-12,19-20H,13-15H2,1-3H3,(H,27,29)(H,28,30)(H,31,32)(H,33,34)/t19?,20-,26?/m0/s1. The summed E-state index contributed by atoms with van der Waals surface area (Å²) >= 11 is 0. The molecule has 0 radical (unpaired) electrons. The maximum absolute atomic E-state index is 13.0. The van der Waals surface area contributed by atoms with E-state index in [1.165, 1.54) is 0 Å². The molecule has 0 heterocycles. The van der Waals surface area contributed by atoms with Gasteiger partial charge in [0.25, 0.3) is 5.91 Å². The van der Waals surface area contributed by atoms with Gasteiger partial charge in [0.15, 0.2) is 0 Å². The number of hydrogen-bond donors (Lipinski definition) is 4. The Hall–Kier alpha value is -3.68. The highest BCUT2D eigenvalue weighted by Gasteiger charge is 2.58. The molecule has 8 nitrogen and oxygen atoms in total. The van der Waals surface area contributed by atoms with E-state index in [0.717, 1.165) is 0 Å². The lowest BCUT2D eigenvalue weighted by atomic mass is 9.65. The fraction of sp³-hybridized carbons (Fsp3) is 0.385. The summed E-state index contributed by atoms with van der Waals surface area (Å²) in [5.74, 6) is -3.44. The number of rotatable bonds is 8. The Morgan fingerprint density at radius 3 is 2.12 bits per heavy atom. The first-order valence-electron chi connectivity index (χ1n) is 11.2. The number of anilines is 1. The minimum Gasteiger partial charge on any atom is -0.481 e. The van der Waals surface area contributed by atoms with Crippen LogP contribution >= 0.6 is 0 Å². The number of hydrogen-bond acceptors (Lipinski definition) is 4. The third-order valence-corrected chi connectivity index (χ3v) is 7.32. The van der Waals surface area contributed by atoms with E-state index in [0.29, 0.717) is 29.7 Å². The number of carboxylic acids is 2. The third-order valence-electron chi connectivity index (χ3n) is 7.32. The van der Waals surface area contributed by atoms with Gasteiger partial charge in [-0.1, -0.05) is 44.2 Å². The Morgan fingerprint density at radius 1 is 0.971 bits per heavy atom. The van der Waals surface area contributed by atoms with Crippen molar-refractivity contribution in [3.63, 3.8) is 0 Å². The van der Waals surface area contributed by atoms with E-state index in [2.05, 4.69) is 10.6 Å². The van der Waals surface area contributed by atoms with Crippen molar-refractivity contribution in [1.29, 1.82) is 0 Å². The quantitative estimate of drug-likeness (QED) is 0.470. The first kappa shape index (κ1) is 25.0. The first-order chi connectivity index (χ1) is 16.0. The number of amides is 2. The van der Waals surface area contributed by atoms with Crippen molar-refractivity contribution in [2.45, 2.75) is 46.1 Å². The summed E-state index contributed by atoms with van der Waals surface area (Å²) in [6.07, 6.45) is 0.780. The lowest BCUT2D eigenvalue weighted by Crippen LogP contribution is -2.49. The maximum Gasteiger partial charge on any atom is 0.326 e. The topological polar surface area (TPSA) is 133 Å². The van der Waals surface area contributed by atoms with Gasteiger partial charge in [0.2, 0.25) is 5.91 Å². The summed E-state index contributed by atoms with van der Waals surface area (Å²) in [4.78, 5) is 48.9. The van der Waals surface area contributed by atoms with Crippen LogP contribution in [0.25, 0.3) is 0 Å². The fourth-order valence-electron chi connectivity index (χ4n) is 4.57. The Morgan fingerprint density at radius 2 is 1.59 bits per heavy atom. The molecule has 0 saturated heterocycles. The van der Waals surface area contributed by atoms with Crippen LogP contribution in [-0.4, -0.2) is 40.0 Å². The van der Waals surface area contributed by atoms with Crippen LogP contribution < -0.4 is 10.6 Å². The SMILES string of the molecule is CC1(C(=O)O)CCC(C(=O)N[C@@H](Cc2ccc(NC(=O)c3ccccc3)cc2)C(=O)O)C1(C)C. The fourth-order valence-corrected chi connectivity index (χ4v) is 4.57. The van der Waals surface area contributed by atoms with E-state index in [1.807, 2.05) is 6.07 Å². The molecule has 2 amide bonds. The summed E-state index contributed by atoms with van der Waals surface area (Å²) in [7, 11) is 0. The third kappa shape index (κ3) is 4.95. The lowest BCUT2D eigenvalue weighted by molar-refractivity contribution is -0.155. The molecule has 180 valence electrons. The molecule has 1 saturated carbocycles. The van der Waals surface area contributed by atoms with Gasteiger partial charge in [0, 0.05) is 23.6 Å². The zero-order chi connectivity index (χ0) is 25.1. The average Bonchev–Trinajstić information content (AvgIpc) is 3.05. The lowest BCUT2D eigenvalue weighted by Gasteiger charge is -2.38. The first-order valence-corrected chi connectivity index (χ1v) is 11.2. The van der Waals surface area contributed by atoms with Crippen molar-refractivity contribution < 1.29 is 29.4 Å². The molecule has 4 N–H and O–H groups in total. The van der Waals surface area contributed by atoms with Crippen LogP contribution in [0.3, 0.4) is 0 Å². The molecule has 3 rings (SSSR count). The van der Waals surface area contributed by atoms with Crippen LogP contribution in [0, 0.1) is 16.7 Å². The summed E-state index contributed by atoms with van der Waals surface area (Å²) in [5, 5.41) is 24.7. The number of carbonyl (C=O) groups excluding carboxylic acids is 2. The number of benzene rings is 2. The molecule has 0 bridgehead atoms. The zero-order valence-corrected chi connectivity index (χ0v) is 19.5. The van der Waals surface area contributed by atoms with Crippen LogP contribution in [-0.2, 0) is 20.8 Å². The molecule has 0 aromatic heterocycles. The summed E-state index contributed by atoms with van der Waals surface area (Å²) in [6, 6.07) is 14.4. The highest BCUT2D eigenvalue weighted by atomic mass is 16.4. The minimum absolute atomic E-state index is 0.0529. The predicted molar refractivity (Wildman–Crippen MR) is 126 cm³/mol. The second-order valence-corrected chi connectivity index (χ2v) is 9.57. The molecule has 2 aromatic rings. The Balaban J connectivity index is 1.65. The smallest absolute Gasteiger partial charge is 0.326 e. The highest BCUT2D eigenvalue weighted by molar-refractivity contribution is 6.04. The van der Waals surface area contributed by atoms with Gasteiger partial charge in [-0.2, -0.15) is 0 Å². The molecule has 0 spiro atoms. The highest BCUT2D eigenvalue weighted by Crippen LogP contribution is 2.56. The van der Waals surface area contributed by atoms with Crippen LogP contribution in [0.4, 0.5) is 5.69 Å². The van der Waals surface area contributed by atoms with Gasteiger partial charge < -0.3 is 20.8 Å². The van der Waals surface area contributed by atoms with Crippen LogP contribution in [0.15, 0.2) is 54.6 Å². The zero-order valence-electron chi connectivity index (χ0n) is 19.5. The summed E-state index contributed by atoms with van der Waals surface area (Å²) in [6.45, 7) is 5.13. The molecule has 0 aliphatic heterocycles. The monoisotopic (exact) mass is 466 g/mol. The number of carboxylic acid groups (broad SMARTS) is 2. The van der Waals surface area contributed by atoms with Crippen molar-refractivity contribution in [2.24, 2.45) is 16.7 Å². The maximum atomic E-state index is 13.0. The van der Waals surface area contributed by atoms with Gasteiger partial charge >= 0.3 is 11.9 Å². The predicted octanol–water partition coefficient (Wildman–Crippen LogP) is 3.58. The average molecular weight is 467 g/mol. The summed E-state index contributed by atoms with van der Waals surface area (Å²) < 4.78 is 0. The number of aliphatic carboxylic acids is 2. The summed E-state index contributed by atoms with van der Waals surface area (Å²) in [5.41, 5.74) is -0.132. The normalized spacial score (nSPS) is 21.9. The molecule has 1 aliphatic carbocycles. The van der Waals surface area contributed by atoms with Gasteiger partial charge in [-0.25, -0.2) is 4.79 Å². The largest absolute Gasteiger partial charge is 0.481 e. The second-order valence-electron chi connectivity index (χ2n) is 9.57. The Bertz CT molecular complexity index is 1080. The van der Waals surface area contributed by atoms with E-state index in [-0.39, 0.29) is 12.3 Å². The molecule has 8 heteroatoms. The van der Waals surface area contributed by atoms with Gasteiger partial charge in [0.1, 0.15) is 6.04 Å². The molecule has 3 atom stereocenters. The van der Waals surface area contributed by atoms with Crippen molar-refractivity contribution in [3.05, 3.63) is 65.7 Å². The minimum atomic E-state index is -1.17. The molecule has 2 aromatic carbocycles. The van der Waals surface area contributed by atoms with Gasteiger partial charge in [0.05, 0.1) is 5.41 Å². The molecule has 34 heavy (non-hydrogen) atoms. The molecular formula is C26H30N2O6. The molecule has 1 fully saturated rings. The van der Waals surface area contributed by atoms with Crippen LogP contribution in [0.5, 0.6) is 0 Å². The van der Waals surface area contributed by atoms with E-state index in [1.54, 1.807) is 69.3 Å². The number of nitrogens with one attached hydrogen (secondary N) is 2. The number of carbonyl (C=O) groups is 4. The van der Waals surface area contributed by atoms with E-state index in [4.69, 9.17) is 0 Å². The second kappa shape index (κ2) is 9.67. The molecular weight excluding hydrogens is 436 g/mol. The van der Waals surface area contributed by atoms with Crippen molar-refractivity contribution in [3.8, 4) is 0 Å². The van der Waals surface area contributed by atoms with Crippen LogP contribution in [0.2, 0.25) is 0 Å². The van der Waals surface area contributed by atoms with Gasteiger partial charge in [-0.3, -0.25) is 14.4 Å². The van der Waals surface area contributed by atoms with E-state index >= 15 is 0 Å². The van der Waals surface area contributed by atoms with Gasteiger partial charge in [-0.05, 0) is 55.0 Å². The van der Waals surface area contributed by atoms with Crippen molar-refractivity contribution in [1.82, 2.24) is 5.32 Å². The Labute approximate surface area is 198 Å². The van der Waals surface area contributed by atoms with Crippen molar-refractivity contribution in [2.75, 3.05) is 5.32 Å². The van der Waals surface area contributed by atoms with Gasteiger partial charge in [-0.15, -0.1) is 0 Å². The van der Waals surface area contributed by atoms with Crippen molar-refractivity contribution >= 4 is 29.4 Å². The Kier molecular flexibility index (Phi) is 7.09. The van der Waals surface area contributed by atoms with E-state index in [9.17, 15) is 29.4 Å². The molecule has 1 aliphatic rings. The van der Waals surface area contributed by atoms with E-state index < -0.39 is 40.6 Å². The van der Waals surface area contributed by atoms with Crippen LogP contribution in [0.1, 0.15) is 49.5 Å².